The van der Waals surface area contributed by atoms with E-state index in [2.05, 4.69) is 9.38 Å². The lowest BCUT2D eigenvalue weighted by Crippen LogP contribution is -2.04. The van der Waals surface area contributed by atoms with Gasteiger partial charge in [-0.1, -0.05) is 23.7 Å². The number of hydrogen-bond acceptors (Lipinski definition) is 2. The van der Waals surface area contributed by atoms with E-state index in [1.807, 2.05) is 36.7 Å². The van der Waals surface area contributed by atoms with Crippen LogP contribution in [0.25, 0.3) is 16.4 Å². The minimum Gasteiger partial charge on any atom is -0.330 e. The van der Waals surface area contributed by atoms with E-state index in [9.17, 15) is 0 Å². The third-order valence-electron chi connectivity index (χ3n) is 2.96. The molecule has 0 radical (unpaired) electrons. The maximum atomic E-state index is 6.17. The fourth-order valence-electron chi connectivity index (χ4n) is 2.15. The monoisotopic (exact) mass is 245 g/mol. The number of rotatable bonds is 2. The molecule has 0 atom stereocenters. The minimum absolute atomic E-state index is 0.626. The Morgan fingerprint density at radius 3 is 2.94 bits per heavy atom. The summed E-state index contributed by atoms with van der Waals surface area (Å²) in [6.07, 6.45) is 4.71. The second kappa shape index (κ2) is 4.02. The third kappa shape index (κ3) is 1.59. The molecular weight excluding hydrogens is 234 g/mol. The number of nitrogens with two attached hydrogens (primary N) is 1. The molecule has 17 heavy (non-hydrogen) atoms. The zero-order valence-corrected chi connectivity index (χ0v) is 9.98. The molecule has 0 fully saturated rings. The maximum Gasteiger partial charge on any atom is 0.144 e. The van der Waals surface area contributed by atoms with Gasteiger partial charge in [0.2, 0.25) is 0 Å². The van der Waals surface area contributed by atoms with E-state index in [1.54, 1.807) is 0 Å². The number of halogens is 1. The Morgan fingerprint density at radius 2 is 2.12 bits per heavy atom. The van der Waals surface area contributed by atoms with Crippen LogP contribution in [0.5, 0.6) is 0 Å². The SMILES string of the molecule is NCCc1cnc2c3cccc(Cl)c3ccn12. The van der Waals surface area contributed by atoms with Crippen LogP contribution in [0, 0.1) is 0 Å². The van der Waals surface area contributed by atoms with Gasteiger partial charge in [0.05, 0.1) is 0 Å². The Labute approximate surface area is 104 Å². The van der Waals surface area contributed by atoms with Crippen molar-refractivity contribution in [2.75, 3.05) is 6.54 Å². The Morgan fingerprint density at radius 1 is 1.24 bits per heavy atom. The van der Waals surface area contributed by atoms with Crippen LogP contribution in [0.1, 0.15) is 5.69 Å². The minimum atomic E-state index is 0.626. The summed E-state index contributed by atoms with van der Waals surface area (Å²) in [5, 5.41) is 2.86. The number of fused-ring (bicyclic) bond motifs is 3. The highest BCUT2D eigenvalue weighted by atomic mass is 35.5. The third-order valence-corrected chi connectivity index (χ3v) is 3.29. The Balaban J connectivity index is 2.38. The maximum absolute atomic E-state index is 6.17. The molecule has 0 aliphatic carbocycles. The van der Waals surface area contributed by atoms with Gasteiger partial charge in [-0.3, -0.25) is 0 Å². The van der Waals surface area contributed by atoms with Gasteiger partial charge in [-0.05, 0) is 18.7 Å². The van der Waals surface area contributed by atoms with Crippen LogP contribution in [0.3, 0.4) is 0 Å². The summed E-state index contributed by atoms with van der Waals surface area (Å²) in [6, 6.07) is 7.90. The van der Waals surface area contributed by atoms with Crippen molar-refractivity contribution in [3.05, 3.63) is 47.4 Å². The highest BCUT2D eigenvalue weighted by molar-refractivity contribution is 6.35. The Kier molecular flexibility index (Phi) is 2.50. The van der Waals surface area contributed by atoms with Crippen molar-refractivity contribution < 1.29 is 0 Å². The lowest BCUT2D eigenvalue weighted by molar-refractivity contribution is 0.906. The van der Waals surface area contributed by atoms with Gasteiger partial charge < -0.3 is 10.1 Å². The van der Waals surface area contributed by atoms with E-state index >= 15 is 0 Å². The molecule has 3 rings (SSSR count). The highest BCUT2D eigenvalue weighted by Gasteiger charge is 2.07. The average molecular weight is 246 g/mol. The molecule has 2 heterocycles. The van der Waals surface area contributed by atoms with Crippen molar-refractivity contribution >= 4 is 28.0 Å². The lowest BCUT2D eigenvalue weighted by Gasteiger charge is -2.04. The van der Waals surface area contributed by atoms with E-state index in [-0.39, 0.29) is 0 Å². The van der Waals surface area contributed by atoms with Gasteiger partial charge in [-0.25, -0.2) is 4.98 Å². The topological polar surface area (TPSA) is 43.3 Å². The van der Waals surface area contributed by atoms with Crippen LogP contribution in [0.2, 0.25) is 5.02 Å². The molecule has 0 spiro atoms. The summed E-state index contributed by atoms with van der Waals surface area (Å²) in [5.74, 6) is 0. The lowest BCUT2D eigenvalue weighted by atomic mass is 10.1. The molecule has 0 bridgehead atoms. The number of hydrogen-bond donors (Lipinski definition) is 1. The van der Waals surface area contributed by atoms with Crippen LogP contribution < -0.4 is 5.73 Å². The molecule has 3 aromatic rings. The fraction of sp³-hybridized carbons (Fsp3) is 0.154. The highest BCUT2D eigenvalue weighted by Crippen LogP contribution is 2.26. The van der Waals surface area contributed by atoms with Gasteiger partial charge >= 0.3 is 0 Å². The summed E-state index contributed by atoms with van der Waals surface area (Å²) in [4.78, 5) is 4.46. The van der Waals surface area contributed by atoms with Crippen molar-refractivity contribution in [1.82, 2.24) is 9.38 Å². The first-order valence-electron chi connectivity index (χ1n) is 5.54. The molecule has 0 saturated carbocycles. The summed E-state index contributed by atoms with van der Waals surface area (Å²) in [6.45, 7) is 0.626. The average Bonchev–Trinajstić information content (AvgIpc) is 2.74. The second-order valence-corrected chi connectivity index (χ2v) is 4.41. The molecule has 2 aromatic heterocycles. The molecule has 0 unspecified atom stereocenters. The first kappa shape index (κ1) is 10.6. The van der Waals surface area contributed by atoms with E-state index < -0.39 is 0 Å². The number of imidazole rings is 1. The summed E-state index contributed by atoms with van der Waals surface area (Å²) in [5.41, 5.74) is 7.65. The van der Waals surface area contributed by atoms with Crippen LogP contribution in [0.15, 0.2) is 36.7 Å². The molecule has 0 amide bonds. The van der Waals surface area contributed by atoms with E-state index in [1.165, 1.54) is 0 Å². The number of pyridine rings is 1. The van der Waals surface area contributed by atoms with Crippen molar-refractivity contribution in [1.29, 1.82) is 0 Å². The summed E-state index contributed by atoms with van der Waals surface area (Å²) < 4.78 is 2.07. The van der Waals surface area contributed by atoms with E-state index in [4.69, 9.17) is 17.3 Å². The van der Waals surface area contributed by atoms with Crippen molar-refractivity contribution in [3.63, 3.8) is 0 Å². The zero-order chi connectivity index (χ0) is 11.8. The van der Waals surface area contributed by atoms with Crippen LogP contribution in [0.4, 0.5) is 0 Å². The molecule has 0 aliphatic rings. The van der Waals surface area contributed by atoms with Gasteiger partial charge in [0, 0.05) is 40.3 Å². The second-order valence-electron chi connectivity index (χ2n) is 4.00. The van der Waals surface area contributed by atoms with Gasteiger partial charge in [0.1, 0.15) is 5.65 Å². The first-order chi connectivity index (χ1) is 8.31. The van der Waals surface area contributed by atoms with E-state index in [0.717, 1.165) is 33.6 Å². The smallest absolute Gasteiger partial charge is 0.144 e. The van der Waals surface area contributed by atoms with Crippen molar-refractivity contribution in [2.24, 2.45) is 5.73 Å². The number of aromatic nitrogens is 2. The van der Waals surface area contributed by atoms with Gasteiger partial charge in [0.25, 0.3) is 0 Å². The Bertz CT molecular complexity index is 688. The van der Waals surface area contributed by atoms with Crippen molar-refractivity contribution in [2.45, 2.75) is 6.42 Å². The largest absolute Gasteiger partial charge is 0.330 e. The molecule has 86 valence electrons. The molecule has 3 nitrogen and oxygen atoms in total. The molecule has 4 heteroatoms. The predicted molar refractivity (Wildman–Crippen MR) is 70.5 cm³/mol. The Hall–Kier alpha value is -1.58. The number of nitrogens with zero attached hydrogens (tertiary/aromatic N) is 2. The normalized spacial score (nSPS) is 11.4. The van der Waals surface area contributed by atoms with Crippen LogP contribution >= 0.6 is 11.6 Å². The standard InChI is InChI=1S/C13H12ClN3/c14-12-3-1-2-11-10(12)5-7-17-9(4-6-15)8-16-13(11)17/h1-3,5,7-8H,4,6,15H2. The summed E-state index contributed by atoms with van der Waals surface area (Å²) >= 11 is 6.17. The van der Waals surface area contributed by atoms with Crippen LogP contribution in [-0.4, -0.2) is 15.9 Å². The van der Waals surface area contributed by atoms with E-state index in [0.29, 0.717) is 6.54 Å². The summed E-state index contributed by atoms with van der Waals surface area (Å²) in [7, 11) is 0. The van der Waals surface area contributed by atoms with Crippen molar-refractivity contribution in [3.8, 4) is 0 Å². The van der Waals surface area contributed by atoms with Gasteiger partial charge in [-0.2, -0.15) is 0 Å². The quantitative estimate of drug-likeness (QED) is 0.754. The molecular formula is C13H12ClN3. The molecule has 0 aliphatic heterocycles. The zero-order valence-electron chi connectivity index (χ0n) is 9.23. The molecule has 0 saturated heterocycles. The predicted octanol–water partition coefficient (Wildman–Crippen LogP) is 2.64. The number of benzene rings is 1. The van der Waals surface area contributed by atoms with Gasteiger partial charge in [0.15, 0.2) is 0 Å². The molecule has 1 aromatic carbocycles. The van der Waals surface area contributed by atoms with Crippen LogP contribution in [-0.2, 0) is 6.42 Å². The first-order valence-corrected chi connectivity index (χ1v) is 5.92. The fourth-order valence-corrected chi connectivity index (χ4v) is 2.38. The molecule has 2 N–H and O–H groups in total. The van der Waals surface area contributed by atoms with Gasteiger partial charge in [-0.15, -0.1) is 0 Å².